The van der Waals surface area contributed by atoms with Crippen molar-refractivity contribution in [2.24, 2.45) is 0 Å². The van der Waals surface area contributed by atoms with E-state index in [4.69, 9.17) is 4.74 Å². The van der Waals surface area contributed by atoms with Gasteiger partial charge >= 0.3 is 0 Å². The third kappa shape index (κ3) is 2.29. The second-order valence-electron chi connectivity index (χ2n) is 7.08. The van der Waals surface area contributed by atoms with E-state index in [1.807, 2.05) is 0 Å². The molecule has 1 unspecified atom stereocenters. The summed E-state index contributed by atoms with van der Waals surface area (Å²) in [4.78, 5) is 38.3. The van der Waals surface area contributed by atoms with Crippen molar-refractivity contribution in [3.05, 3.63) is 51.1 Å². The Bertz CT molecular complexity index is 1080. The van der Waals surface area contributed by atoms with Crippen LogP contribution < -0.4 is 4.74 Å². The third-order valence-corrected chi connectivity index (χ3v) is 5.49. The minimum Gasteiger partial charge on any atom is -0.507 e. The topological polar surface area (TPSA) is 121 Å². The molecule has 0 bridgehead atoms. The lowest BCUT2D eigenvalue weighted by Crippen LogP contribution is -2.26. The molecule has 28 heavy (non-hydrogen) atoms. The van der Waals surface area contributed by atoms with Crippen LogP contribution in [0.3, 0.4) is 0 Å². The molecule has 0 aliphatic heterocycles. The number of carbonyl (C=O) groups excluding carboxylic acids is 3. The van der Waals surface area contributed by atoms with Gasteiger partial charge in [-0.3, -0.25) is 14.4 Å². The number of hydrogen-bond donors (Lipinski definition) is 3. The molecule has 2 aromatic rings. The number of ketones is 3. The van der Waals surface area contributed by atoms with E-state index < -0.39 is 17.7 Å². The number of phenolic OH excluding ortho intramolecular Hbond substituents is 2. The van der Waals surface area contributed by atoms with Crippen molar-refractivity contribution in [1.82, 2.24) is 0 Å². The van der Waals surface area contributed by atoms with Crippen molar-refractivity contribution in [3.63, 3.8) is 0 Å². The number of hydrogen-bond acceptors (Lipinski definition) is 7. The Hall–Kier alpha value is -3.19. The quantitative estimate of drug-likeness (QED) is 0.457. The zero-order valence-corrected chi connectivity index (χ0v) is 15.3. The zero-order chi connectivity index (χ0) is 20.3. The van der Waals surface area contributed by atoms with Gasteiger partial charge in [0, 0.05) is 23.1 Å². The first kappa shape index (κ1) is 18.2. The number of ether oxygens (including phenoxy) is 1. The Labute approximate surface area is 160 Å². The van der Waals surface area contributed by atoms with Gasteiger partial charge in [-0.15, -0.1) is 0 Å². The first-order valence-electron chi connectivity index (χ1n) is 8.86. The van der Waals surface area contributed by atoms with E-state index in [0.29, 0.717) is 12.0 Å². The summed E-state index contributed by atoms with van der Waals surface area (Å²) in [5.74, 6) is -2.45. The summed E-state index contributed by atoms with van der Waals surface area (Å²) in [5, 5.41) is 31.4. The molecule has 144 valence electrons. The predicted molar refractivity (Wildman–Crippen MR) is 97.7 cm³/mol. The van der Waals surface area contributed by atoms with Gasteiger partial charge in [-0.1, -0.05) is 0 Å². The highest BCUT2D eigenvalue weighted by atomic mass is 16.5. The Kier molecular flexibility index (Phi) is 4.01. The molecule has 2 aliphatic carbocycles. The molecule has 4 rings (SSSR count). The average molecular weight is 382 g/mol. The summed E-state index contributed by atoms with van der Waals surface area (Å²) >= 11 is 0. The van der Waals surface area contributed by atoms with Crippen LogP contribution in [0.2, 0.25) is 0 Å². The molecule has 3 N–H and O–H groups in total. The summed E-state index contributed by atoms with van der Waals surface area (Å²) in [6.45, 7) is 1.32. The summed E-state index contributed by atoms with van der Waals surface area (Å²) in [6, 6.07) is 2.75. The first-order chi connectivity index (χ1) is 13.3. The fourth-order valence-corrected chi connectivity index (χ4v) is 4.15. The van der Waals surface area contributed by atoms with E-state index in [1.165, 1.54) is 26.2 Å². The van der Waals surface area contributed by atoms with Gasteiger partial charge in [-0.2, -0.15) is 0 Å². The third-order valence-electron chi connectivity index (χ3n) is 5.49. The molecule has 1 atom stereocenters. The zero-order valence-electron chi connectivity index (χ0n) is 15.3. The summed E-state index contributed by atoms with van der Waals surface area (Å²) in [7, 11) is 1.29. The number of methoxy groups -OCH3 is 1. The number of fused-ring (bicyclic) bond motifs is 3. The maximum absolute atomic E-state index is 13.3. The lowest BCUT2D eigenvalue weighted by atomic mass is 9.76. The van der Waals surface area contributed by atoms with Gasteiger partial charge in [-0.05, 0) is 31.9 Å². The average Bonchev–Trinajstić information content (AvgIpc) is 2.67. The van der Waals surface area contributed by atoms with Gasteiger partial charge in [-0.25, -0.2) is 0 Å². The van der Waals surface area contributed by atoms with Crippen LogP contribution in [-0.2, 0) is 12.8 Å². The standard InChI is InChI=1S/C21H18O7/c1-8(22)10-5-6-12-14(21(10)28-2)20(27)16-15(18(12)25)19(26)13-7-9(23)3-4-11(13)17(16)24/h5-6,9,23-24,26H,3-4,7H2,1-2H3. The number of benzene rings is 2. The normalized spacial score (nSPS) is 17.6. The molecule has 0 fully saturated rings. The number of Topliss-reactive ketones (excluding diaryl/α,β-unsaturated/α-hetero) is 1. The van der Waals surface area contributed by atoms with Crippen LogP contribution in [-0.4, -0.2) is 45.9 Å². The maximum atomic E-state index is 13.3. The van der Waals surface area contributed by atoms with Gasteiger partial charge in [0.25, 0.3) is 0 Å². The predicted octanol–water partition coefficient (Wildman–Crippen LogP) is 1.93. The molecule has 7 heteroatoms. The minimum atomic E-state index is -0.698. The second-order valence-corrected chi connectivity index (χ2v) is 7.08. The molecule has 2 aliphatic rings. The fraction of sp³-hybridized carbons (Fsp3) is 0.286. The van der Waals surface area contributed by atoms with E-state index in [9.17, 15) is 29.7 Å². The van der Waals surface area contributed by atoms with Crippen LogP contribution in [0.15, 0.2) is 12.1 Å². The number of rotatable bonds is 2. The highest BCUT2D eigenvalue weighted by Gasteiger charge is 2.41. The number of phenols is 2. The Morgan fingerprint density at radius 2 is 1.68 bits per heavy atom. The smallest absolute Gasteiger partial charge is 0.202 e. The van der Waals surface area contributed by atoms with Crippen molar-refractivity contribution in [2.45, 2.75) is 32.3 Å². The lowest BCUT2D eigenvalue weighted by molar-refractivity contribution is 0.0968. The Morgan fingerprint density at radius 3 is 2.32 bits per heavy atom. The highest BCUT2D eigenvalue weighted by molar-refractivity contribution is 6.32. The van der Waals surface area contributed by atoms with Gasteiger partial charge < -0.3 is 20.1 Å². The van der Waals surface area contributed by atoms with E-state index in [-0.39, 0.29) is 69.3 Å². The Morgan fingerprint density at radius 1 is 1.04 bits per heavy atom. The van der Waals surface area contributed by atoms with Gasteiger partial charge in [0.2, 0.25) is 5.78 Å². The molecule has 7 nitrogen and oxygen atoms in total. The Balaban J connectivity index is 2.05. The van der Waals surface area contributed by atoms with E-state index >= 15 is 0 Å². The highest BCUT2D eigenvalue weighted by Crippen LogP contribution is 2.47. The largest absolute Gasteiger partial charge is 0.507 e. The van der Waals surface area contributed by atoms with Crippen LogP contribution >= 0.6 is 0 Å². The summed E-state index contributed by atoms with van der Waals surface area (Å²) in [5.41, 5.74) is 0.114. The number of aliphatic hydroxyl groups is 1. The number of carbonyl (C=O) groups is 3. The van der Waals surface area contributed by atoms with Crippen LogP contribution in [0.25, 0.3) is 0 Å². The molecular weight excluding hydrogens is 364 g/mol. The van der Waals surface area contributed by atoms with Crippen molar-refractivity contribution >= 4 is 17.3 Å². The first-order valence-corrected chi connectivity index (χ1v) is 8.86. The molecule has 0 saturated heterocycles. The number of aromatic hydroxyl groups is 2. The van der Waals surface area contributed by atoms with Crippen LogP contribution in [0.4, 0.5) is 0 Å². The summed E-state index contributed by atoms with van der Waals surface area (Å²) in [6.07, 6.45) is 0.0242. The lowest BCUT2D eigenvalue weighted by Gasteiger charge is -2.28. The molecule has 0 aromatic heterocycles. The molecular formula is C21H18O7. The van der Waals surface area contributed by atoms with Crippen molar-refractivity contribution in [3.8, 4) is 17.2 Å². The molecule has 0 spiro atoms. The van der Waals surface area contributed by atoms with Crippen molar-refractivity contribution < 1.29 is 34.4 Å². The molecule has 0 amide bonds. The summed E-state index contributed by atoms with van der Waals surface area (Å²) < 4.78 is 5.26. The SMILES string of the molecule is COc1c(C(C)=O)ccc2c1C(=O)c1c(O)c3c(c(O)c1C2=O)CC(O)CC3. The fourth-order valence-electron chi connectivity index (χ4n) is 4.15. The van der Waals surface area contributed by atoms with E-state index in [2.05, 4.69) is 0 Å². The molecule has 2 aromatic carbocycles. The second kappa shape index (κ2) is 6.17. The van der Waals surface area contributed by atoms with Gasteiger partial charge in [0.15, 0.2) is 11.6 Å². The van der Waals surface area contributed by atoms with E-state index in [1.54, 1.807) is 0 Å². The molecule has 0 saturated carbocycles. The molecule has 0 radical (unpaired) electrons. The van der Waals surface area contributed by atoms with Crippen LogP contribution in [0.5, 0.6) is 17.2 Å². The van der Waals surface area contributed by atoms with Crippen molar-refractivity contribution in [2.75, 3.05) is 7.11 Å². The van der Waals surface area contributed by atoms with Crippen LogP contribution in [0.1, 0.15) is 66.7 Å². The van der Waals surface area contributed by atoms with Gasteiger partial charge in [0.1, 0.15) is 17.2 Å². The monoisotopic (exact) mass is 382 g/mol. The minimum absolute atomic E-state index is 0.00893. The van der Waals surface area contributed by atoms with Gasteiger partial charge in [0.05, 0.1) is 35.5 Å². The molecule has 0 heterocycles. The van der Waals surface area contributed by atoms with Crippen LogP contribution in [0, 0.1) is 0 Å². The van der Waals surface area contributed by atoms with Crippen molar-refractivity contribution in [1.29, 1.82) is 0 Å². The van der Waals surface area contributed by atoms with E-state index in [0.717, 1.165) is 0 Å². The number of aliphatic hydroxyl groups excluding tert-OH is 1. The maximum Gasteiger partial charge on any atom is 0.202 e.